The molecule has 2 aliphatic rings. The summed E-state index contributed by atoms with van der Waals surface area (Å²) in [6.45, 7) is 0. The molecule has 8 aromatic carbocycles. The summed E-state index contributed by atoms with van der Waals surface area (Å²) in [7, 11) is 0. The molecule has 1 aliphatic carbocycles. The van der Waals surface area contributed by atoms with E-state index in [9.17, 15) is 0 Å². The Hall–Kier alpha value is -7.56. The van der Waals surface area contributed by atoms with Crippen molar-refractivity contribution >= 4 is 76.8 Å². The summed E-state index contributed by atoms with van der Waals surface area (Å²) < 4.78 is 7.40. The van der Waals surface area contributed by atoms with Gasteiger partial charge in [0.25, 0.3) is 0 Å². The SMILES string of the molecule is C1=CC2c3cc(-n4c5ccccc5c5ccc6c(c7ccccc7n6-c6ccc7c(c6)c6ccccc6n7-c6ccccc6)c54)ccc3N(c3ccccc3)C2C=C1. The normalized spacial score (nSPS) is 16.1. The molecule has 0 radical (unpaired) electrons. The van der Waals surface area contributed by atoms with Crippen molar-refractivity contribution in [1.29, 1.82) is 0 Å². The van der Waals surface area contributed by atoms with Gasteiger partial charge in [0, 0.05) is 66.7 Å². The van der Waals surface area contributed by atoms with Crippen LogP contribution in [0.2, 0.25) is 0 Å². The lowest BCUT2D eigenvalue weighted by Gasteiger charge is -2.28. The second-order valence-corrected chi connectivity index (χ2v) is 15.7. The number of hydrogen-bond acceptors (Lipinski definition) is 1. The molecular weight excluding hydrogens is 705 g/mol. The van der Waals surface area contributed by atoms with Gasteiger partial charge in [0.2, 0.25) is 0 Å². The van der Waals surface area contributed by atoms with Crippen molar-refractivity contribution in [3.8, 4) is 17.1 Å². The van der Waals surface area contributed by atoms with Crippen LogP contribution >= 0.6 is 0 Å². The zero-order valence-electron chi connectivity index (χ0n) is 31.6. The van der Waals surface area contributed by atoms with Crippen LogP contribution in [-0.2, 0) is 0 Å². The lowest BCUT2D eigenvalue weighted by molar-refractivity contribution is 0.744. The monoisotopic (exact) mass is 740 g/mol. The van der Waals surface area contributed by atoms with Crippen LogP contribution in [0.25, 0.3) is 82.5 Å². The standard InChI is InChI=1S/C54H36N4/c1-3-15-35(16-4-1)55-46-23-11-8-20-40(46)44-33-37(27-30-50(44)55)57-49-26-14-10-22-43(49)53-52(57)32-29-42-39-19-7-13-25-48(39)58(54(42)53)38-28-31-51-45(34-38)41-21-9-12-24-47(41)56(51)36-17-5-2-6-18-36/h1-34,41,47H. The van der Waals surface area contributed by atoms with Crippen molar-refractivity contribution in [1.82, 2.24) is 13.7 Å². The van der Waals surface area contributed by atoms with E-state index in [1.807, 2.05) is 0 Å². The van der Waals surface area contributed by atoms with Gasteiger partial charge in [-0.2, -0.15) is 0 Å². The summed E-state index contributed by atoms with van der Waals surface area (Å²) in [5.74, 6) is 0.262. The molecule has 58 heavy (non-hydrogen) atoms. The smallest absolute Gasteiger partial charge is 0.0641 e. The Bertz CT molecular complexity index is 3520. The predicted molar refractivity (Wildman–Crippen MR) is 243 cm³/mol. The minimum Gasteiger partial charge on any atom is -0.333 e. The molecule has 0 amide bonds. The first kappa shape index (κ1) is 31.6. The molecule has 0 N–H and O–H groups in total. The lowest BCUT2D eigenvalue weighted by Crippen LogP contribution is -2.28. The molecule has 3 aromatic heterocycles. The van der Waals surface area contributed by atoms with Crippen LogP contribution in [0.15, 0.2) is 206 Å². The van der Waals surface area contributed by atoms with Crippen molar-refractivity contribution < 1.29 is 0 Å². The number of rotatable bonds is 4. The van der Waals surface area contributed by atoms with Crippen LogP contribution < -0.4 is 4.90 Å². The Morgan fingerprint density at radius 1 is 0.345 bits per heavy atom. The van der Waals surface area contributed by atoms with E-state index < -0.39 is 0 Å². The highest BCUT2D eigenvalue weighted by atomic mass is 15.2. The van der Waals surface area contributed by atoms with Crippen LogP contribution in [-0.4, -0.2) is 19.7 Å². The predicted octanol–water partition coefficient (Wildman–Crippen LogP) is 13.7. The summed E-state index contributed by atoms with van der Waals surface area (Å²) >= 11 is 0. The Morgan fingerprint density at radius 3 is 1.67 bits per heavy atom. The van der Waals surface area contributed by atoms with E-state index in [0.717, 1.165) is 5.69 Å². The van der Waals surface area contributed by atoms with E-state index in [2.05, 4.69) is 225 Å². The molecule has 0 saturated heterocycles. The molecule has 0 fully saturated rings. The van der Waals surface area contributed by atoms with Gasteiger partial charge in [-0.1, -0.05) is 121 Å². The number of aromatic nitrogens is 3. The van der Waals surface area contributed by atoms with Gasteiger partial charge in [0.05, 0.1) is 39.1 Å². The van der Waals surface area contributed by atoms with Crippen molar-refractivity contribution in [2.24, 2.45) is 0 Å². The van der Waals surface area contributed by atoms with Crippen molar-refractivity contribution in [3.63, 3.8) is 0 Å². The van der Waals surface area contributed by atoms with Gasteiger partial charge in [-0.05, 0) is 90.5 Å². The third kappa shape index (κ3) is 4.29. The van der Waals surface area contributed by atoms with Crippen LogP contribution in [0.3, 0.4) is 0 Å². The molecule has 11 aromatic rings. The molecule has 4 nitrogen and oxygen atoms in total. The number of para-hydroxylation sites is 5. The molecule has 0 saturated carbocycles. The molecule has 4 heteroatoms. The number of allylic oxidation sites excluding steroid dienone is 2. The van der Waals surface area contributed by atoms with E-state index in [1.54, 1.807) is 0 Å². The van der Waals surface area contributed by atoms with Crippen LogP contribution in [0.4, 0.5) is 11.4 Å². The molecule has 0 bridgehead atoms. The maximum Gasteiger partial charge on any atom is 0.0641 e. The number of benzene rings is 8. The van der Waals surface area contributed by atoms with Crippen LogP contribution in [0, 0.1) is 0 Å². The Morgan fingerprint density at radius 2 is 0.897 bits per heavy atom. The van der Waals surface area contributed by atoms with Crippen molar-refractivity contribution in [2.75, 3.05) is 4.90 Å². The summed E-state index contributed by atoms with van der Waals surface area (Å²) in [6, 6.07) is 67.2. The van der Waals surface area contributed by atoms with Gasteiger partial charge in [-0.15, -0.1) is 0 Å². The fourth-order valence-electron chi connectivity index (χ4n) is 10.4. The maximum atomic E-state index is 2.53. The zero-order chi connectivity index (χ0) is 37.9. The van der Waals surface area contributed by atoms with Crippen molar-refractivity contribution in [2.45, 2.75) is 12.0 Å². The van der Waals surface area contributed by atoms with E-state index in [0.29, 0.717) is 0 Å². The first-order chi connectivity index (χ1) is 28.8. The fourth-order valence-corrected chi connectivity index (χ4v) is 10.4. The summed E-state index contributed by atoms with van der Waals surface area (Å²) in [5.41, 5.74) is 14.6. The fraction of sp³-hybridized carbons (Fsp3) is 0.0370. The highest BCUT2D eigenvalue weighted by Crippen LogP contribution is 2.49. The zero-order valence-corrected chi connectivity index (χ0v) is 31.6. The Balaban J connectivity index is 1.08. The van der Waals surface area contributed by atoms with E-state index in [-0.39, 0.29) is 12.0 Å². The molecule has 2 atom stereocenters. The van der Waals surface area contributed by atoms with Gasteiger partial charge in [-0.25, -0.2) is 0 Å². The third-order valence-electron chi connectivity index (χ3n) is 12.7. The quantitative estimate of drug-likeness (QED) is 0.176. The first-order valence-corrected chi connectivity index (χ1v) is 20.2. The summed E-state index contributed by atoms with van der Waals surface area (Å²) in [6.07, 6.45) is 9.14. The largest absolute Gasteiger partial charge is 0.333 e. The minimum absolute atomic E-state index is 0.236. The summed E-state index contributed by atoms with van der Waals surface area (Å²) in [5, 5.41) is 7.52. The Kier molecular flexibility index (Phi) is 6.53. The summed E-state index contributed by atoms with van der Waals surface area (Å²) in [4.78, 5) is 2.51. The number of nitrogens with zero attached hydrogens (tertiary/aromatic N) is 4. The van der Waals surface area contributed by atoms with E-state index in [4.69, 9.17) is 0 Å². The van der Waals surface area contributed by atoms with E-state index >= 15 is 0 Å². The number of hydrogen-bond donors (Lipinski definition) is 0. The highest BCUT2D eigenvalue weighted by Gasteiger charge is 2.37. The molecule has 4 heterocycles. The Labute approximate surface area is 335 Å². The van der Waals surface area contributed by atoms with Gasteiger partial charge < -0.3 is 18.6 Å². The topological polar surface area (TPSA) is 18.0 Å². The molecule has 272 valence electrons. The minimum atomic E-state index is 0.236. The number of anilines is 2. The molecule has 2 unspecified atom stereocenters. The number of fused-ring (bicyclic) bond motifs is 13. The van der Waals surface area contributed by atoms with Gasteiger partial charge in [0.15, 0.2) is 0 Å². The van der Waals surface area contributed by atoms with Crippen LogP contribution in [0.1, 0.15) is 11.5 Å². The van der Waals surface area contributed by atoms with Gasteiger partial charge in [0.1, 0.15) is 0 Å². The van der Waals surface area contributed by atoms with E-state index in [1.165, 1.54) is 93.7 Å². The highest BCUT2D eigenvalue weighted by molar-refractivity contribution is 6.26. The second kappa shape index (κ2) is 12.0. The molecule has 13 rings (SSSR count). The third-order valence-corrected chi connectivity index (χ3v) is 12.7. The molecule has 0 spiro atoms. The van der Waals surface area contributed by atoms with Gasteiger partial charge >= 0.3 is 0 Å². The average Bonchev–Trinajstić information content (AvgIpc) is 4.01. The first-order valence-electron chi connectivity index (χ1n) is 20.2. The van der Waals surface area contributed by atoms with Crippen LogP contribution in [0.5, 0.6) is 0 Å². The molecular formula is C54H36N4. The van der Waals surface area contributed by atoms with Crippen molar-refractivity contribution in [3.05, 3.63) is 212 Å². The maximum absolute atomic E-state index is 2.53. The second-order valence-electron chi connectivity index (χ2n) is 15.7. The van der Waals surface area contributed by atoms with Gasteiger partial charge in [-0.3, -0.25) is 0 Å². The average molecular weight is 741 g/mol. The molecule has 1 aliphatic heterocycles. The lowest BCUT2D eigenvalue weighted by atomic mass is 9.91.